The Labute approximate surface area is 180 Å². The average molecular weight is 424 g/mol. The molecule has 1 amide bonds. The SMILES string of the molecule is O=C(Nc1ccc(Cl)cc1)C1(C2CCN(c3ccnc4ccc(F)cc34)CC2)CC1. The van der Waals surface area contributed by atoms with Gasteiger partial charge in [-0.05, 0) is 80.1 Å². The van der Waals surface area contributed by atoms with Gasteiger partial charge < -0.3 is 10.2 Å². The molecule has 0 unspecified atom stereocenters. The summed E-state index contributed by atoms with van der Waals surface area (Å²) in [6.45, 7) is 1.71. The van der Waals surface area contributed by atoms with Gasteiger partial charge in [-0.25, -0.2) is 4.39 Å². The summed E-state index contributed by atoms with van der Waals surface area (Å²) >= 11 is 5.94. The van der Waals surface area contributed by atoms with Crippen LogP contribution in [0.5, 0.6) is 0 Å². The summed E-state index contributed by atoms with van der Waals surface area (Å²) < 4.78 is 13.8. The highest BCUT2D eigenvalue weighted by Crippen LogP contribution is 2.56. The molecule has 1 aromatic heterocycles. The summed E-state index contributed by atoms with van der Waals surface area (Å²) in [5, 5.41) is 4.58. The number of hydrogen-bond acceptors (Lipinski definition) is 3. The van der Waals surface area contributed by atoms with Crippen LogP contribution in [0.25, 0.3) is 10.9 Å². The first-order chi connectivity index (χ1) is 14.5. The molecule has 0 spiro atoms. The van der Waals surface area contributed by atoms with Crippen molar-refractivity contribution in [1.29, 1.82) is 0 Å². The fourth-order valence-electron chi connectivity index (χ4n) is 4.80. The second-order valence-corrected chi connectivity index (χ2v) is 8.81. The zero-order valence-corrected chi connectivity index (χ0v) is 17.3. The first-order valence-corrected chi connectivity index (χ1v) is 10.8. The molecule has 2 heterocycles. The fourth-order valence-corrected chi connectivity index (χ4v) is 4.92. The molecule has 0 atom stereocenters. The molecule has 1 saturated carbocycles. The minimum atomic E-state index is -0.252. The van der Waals surface area contributed by atoms with Gasteiger partial charge in [0.05, 0.1) is 10.9 Å². The minimum absolute atomic E-state index is 0.125. The van der Waals surface area contributed by atoms with Gasteiger partial charge in [0.1, 0.15) is 5.82 Å². The molecule has 0 bridgehead atoms. The molecule has 30 heavy (non-hydrogen) atoms. The maximum absolute atomic E-state index is 13.8. The lowest BCUT2D eigenvalue weighted by molar-refractivity contribution is -0.123. The largest absolute Gasteiger partial charge is 0.371 e. The quantitative estimate of drug-likeness (QED) is 0.588. The molecule has 1 saturated heterocycles. The minimum Gasteiger partial charge on any atom is -0.371 e. The standard InChI is InChI=1S/C24H23ClFN3O/c25-17-1-4-19(5-2-17)28-23(30)24(10-11-24)16-8-13-29(14-9-16)22-7-12-27-21-6-3-18(26)15-20(21)22/h1-7,12,15-16H,8-11,13-14H2,(H,28,30). The van der Waals surface area contributed by atoms with Crippen molar-refractivity contribution in [3.05, 3.63) is 65.6 Å². The highest BCUT2D eigenvalue weighted by Gasteiger charge is 2.55. The number of rotatable bonds is 4. The summed E-state index contributed by atoms with van der Waals surface area (Å²) in [5.74, 6) is 0.244. The number of amides is 1. The predicted octanol–water partition coefficient (Wildman–Crippen LogP) is 5.66. The van der Waals surface area contributed by atoms with Crippen molar-refractivity contribution in [2.75, 3.05) is 23.3 Å². The normalized spacial score (nSPS) is 18.4. The van der Waals surface area contributed by atoms with E-state index in [1.807, 2.05) is 18.2 Å². The van der Waals surface area contributed by atoms with Crippen LogP contribution in [0.3, 0.4) is 0 Å². The fraction of sp³-hybridized carbons (Fsp3) is 0.333. The van der Waals surface area contributed by atoms with Crippen LogP contribution in [0.15, 0.2) is 54.7 Å². The van der Waals surface area contributed by atoms with E-state index in [-0.39, 0.29) is 17.1 Å². The number of piperidine rings is 1. The van der Waals surface area contributed by atoms with E-state index in [1.165, 1.54) is 6.07 Å². The van der Waals surface area contributed by atoms with Crippen molar-refractivity contribution in [2.24, 2.45) is 11.3 Å². The molecule has 2 fully saturated rings. The molecule has 1 aliphatic heterocycles. The van der Waals surface area contributed by atoms with Gasteiger partial charge in [0.15, 0.2) is 0 Å². The highest BCUT2D eigenvalue weighted by atomic mass is 35.5. The Bertz CT molecular complexity index is 1090. The van der Waals surface area contributed by atoms with E-state index in [0.29, 0.717) is 10.9 Å². The maximum atomic E-state index is 13.8. The van der Waals surface area contributed by atoms with Crippen LogP contribution in [0.4, 0.5) is 15.8 Å². The van der Waals surface area contributed by atoms with Crippen LogP contribution in [0.2, 0.25) is 5.02 Å². The molecular weight excluding hydrogens is 401 g/mol. The third-order valence-corrected chi connectivity index (χ3v) is 6.89. The van der Waals surface area contributed by atoms with Crippen molar-refractivity contribution in [3.8, 4) is 0 Å². The number of anilines is 2. The van der Waals surface area contributed by atoms with Crippen LogP contribution in [-0.4, -0.2) is 24.0 Å². The van der Waals surface area contributed by atoms with Crippen molar-refractivity contribution in [2.45, 2.75) is 25.7 Å². The van der Waals surface area contributed by atoms with E-state index in [9.17, 15) is 9.18 Å². The van der Waals surface area contributed by atoms with Gasteiger partial charge in [-0.1, -0.05) is 11.6 Å². The molecule has 2 aliphatic rings. The number of carbonyl (C=O) groups excluding carboxylic acids is 1. The monoisotopic (exact) mass is 423 g/mol. The van der Waals surface area contributed by atoms with Crippen LogP contribution in [0, 0.1) is 17.2 Å². The summed E-state index contributed by atoms with van der Waals surface area (Å²) in [4.78, 5) is 19.7. The second kappa shape index (κ2) is 7.55. The van der Waals surface area contributed by atoms with E-state index in [2.05, 4.69) is 15.2 Å². The third kappa shape index (κ3) is 3.52. The second-order valence-electron chi connectivity index (χ2n) is 8.37. The van der Waals surface area contributed by atoms with Crippen LogP contribution >= 0.6 is 11.6 Å². The molecule has 4 nitrogen and oxygen atoms in total. The van der Waals surface area contributed by atoms with Gasteiger partial charge >= 0.3 is 0 Å². The molecular formula is C24H23ClFN3O. The predicted molar refractivity (Wildman–Crippen MR) is 118 cm³/mol. The number of aromatic nitrogens is 1. The number of carbonyl (C=O) groups is 1. The first kappa shape index (κ1) is 19.3. The van der Waals surface area contributed by atoms with Crippen LogP contribution < -0.4 is 10.2 Å². The van der Waals surface area contributed by atoms with Gasteiger partial charge in [0.2, 0.25) is 5.91 Å². The van der Waals surface area contributed by atoms with Gasteiger partial charge in [0, 0.05) is 41.1 Å². The number of hydrogen-bond donors (Lipinski definition) is 1. The number of benzene rings is 2. The zero-order valence-electron chi connectivity index (χ0n) is 16.6. The van der Waals surface area contributed by atoms with Crippen LogP contribution in [-0.2, 0) is 4.79 Å². The average Bonchev–Trinajstić information content (AvgIpc) is 3.57. The Morgan fingerprint density at radius 2 is 1.83 bits per heavy atom. The molecule has 5 rings (SSSR count). The summed E-state index contributed by atoms with van der Waals surface area (Å²) in [7, 11) is 0. The van der Waals surface area contributed by atoms with E-state index < -0.39 is 0 Å². The zero-order chi connectivity index (χ0) is 20.7. The first-order valence-electron chi connectivity index (χ1n) is 10.4. The summed E-state index contributed by atoms with van der Waals surface area (Å²) in [5.41, 5.74) is 2.36. The summed E-state index contributed by atoms with van der Waals surface area (Å²) in [6.07, 6.45) is 5.57. The smallest absolute Gasteiger partial charge is 0.230 e. The van der Waals surface area contributed by atoms with E-state index >= 15 is 0 Å². The highest BCUT2D eigenvalue weighted by molar-refractivity contribution is 6.30. The van der Waals surface area contributed by atoms with E-state index in [1.54, 1.807) is 30.5 Å². The molecule has 1 N–H and O–H groups in total. The van der Waals surface area contributed by atoms with Crippen molar-refractivity contribution in [3.63, 3.8) is 0 Å². The number of nitrogens with one attached hydrogen (secondary N) is 1. The van der Waals surface area contributed by atoms with Crippen molar-refractivity contribution in [1.82, 2.24) is 4.98 Å². The molecule has 0 radical (unpaired) electrons. The Morgan fingerprint density at radius 3 is 2.53 bits per heavy atom. The van der Waals surface area contributed by atoms with E-state index in [4.69, 9.17) is 11.6 Å². The molecule has 2 aromatic carbocycles. The Hall–Kier alpha value is -2.66. The Balaban J connectivity index is 1.28. The molecule has 3 aromatic rings. The van der Waals surface area contributed by atoms with Crippen LogP contribution in [0.1, 0.15) is 25.7 Å². The Morgan fingerprint density at radius 1 is 1.10 bits per heavy atom. The molecule has 6 heteroatoms. The third-order valence-electron chi connectivity index (χ3n) is 6.64. The number of fused-ring (bicyclic) bond motifs is 1. The molecule has 154 valence electrons. The van der Waals surface area contributed by atoms with Crippen molar-refractivity contribution < 1.29 is 9.18 Å². The maximum Gasteiger partial charge on any atom is 0.230 e. The lowest BCUT2D eigenvalue weighted by atomic mass is 9.80. The number of nitrogens with zero attached hydrogens (tertiary/aromatic N) is 2. The topological polar surface area (TPSA) is 45.2 Å². The summed E-state index contributed by atoms with van der Waals surface area (Å²) in [6, 6.07) is 13.9. The lowest BCUT2D eigenvalue weighted by Crippen LogP contribution is -2.40. The van der Waals surface area contributed by atoms with Gasteiger partial charge in [0.25, 0.3) is 0 Å². The number of halogens is 2. The lowest BCUT2D eigenvalue weighted by Gasteiger charge is -2.37. The van der Waals surface area contributed by atoms with Crippen molar-refractivity contribution >= 4 is 39.8 Å². The van der Waals surface area contributed by atoms with Gasteiger partial charge in [-0.2, -0.15) is 0 Å². The number of pyridine rings is 1. The Kier molecular flexibility index (Phi) is 4.86. The van der Waals surface area contributed by atoms with E-state index in [0.717, 1.165) is 61.1 Å². The van der Waals surface area contributed by atoms with Gasteiger partial charge in [-0.15, -0.1) is 0 Å². The van der Waals surface area contributed by atoms with Gasteiger partial charge in [-0.3, -0.25) is 9.78 Å². The molecule has 1 aliphatic carbocycles.